The maximum atomic E-state index is 12.5. The standard InChI is InChI=1S/C28H33N7O3/c29-25(36)24-27(31-21-3-1-19(2-4-21)17-35-12-15-37-16-13-35)34-26(23(33-24)20-5-10-30-11-6-20)32-22-7-14-38-18-28(22)8-9-28/h1-6,10-11,22H,7-9,12-18H2,(H2,29,36)(H2,31,32,34). The molecule has 1 aromatic carbocycles. The number of nitrogens with zero attached hydrogens (tertiary/aromatic N) is 4. The predicted octanol–water partition coefficient (Wildman–Crippen LogP) is 3.19. The van der Waals surface area contributed by atoms with Gasteiger partial charge in [0.1, 0.15) is 5.69 Å². The summed E-state index contributed by atoms with van der Waals surface area (Å²) < 4.78 is 11.2. The molecule has 0 radical (unpaired) electrons. The minimum absolute atomic E-state index is 0.0906. The number of amides is 1. The van der Waals surface area contributed by atoms with Crippen LogP contribution >= 0.6 is 0 Å². The van der Waals surface area contributed by atoms with Crippen LogP contribution in [0.3, 0.4) is 0 Å². The molecule has 3 aliphatic rings. The molecule has 0 bridgehead atoms. The number of hydrogen-bond acceptors (Lipinski definition) is 9. The summed E-state index contributed by atoms with van der Waals surface area (Å²) in [6, 6.07) is 12.1. The average Bonchev–Trinajstić information content (AvgIpc) is 3.72. The van der Waals surface area contributed by atoms with Crippen LogP contribution in [0.5, 0.6) is 0 Å². The van der Waals surface area contributed by atoms with E-state index in [2.05, 4.69) is 32.7 Å². The van der Waals surface area contributed by atoms with Crippen LogP contribution in [0.15, 0.2) is 48.8 Å². The molecule has 10 nitrogen and oxygen atoms in total. The van der Waals surface area contributed by atoms with Gasteiger partial charge in [0, 0.05) is 61.3 Å². The van der Waals surface area contributed by atoms with Gasteiger partial charge >= 0.3 is 0 Å². The Morgan fingerprint density at radius 2 is 1.76 bits per heavy atom. The zero-order valence-corrected chi connectivity index (χ0v) is 21.4. The number of benzene rings is 1. The summed E-state index contributed by atoms with van der Waals surface area (Å²) in [5.74, 6) is 0.303. The van der Waals surface area contributed by atoms with E-state index in [1.807, 2.05) is 24.3 Å². The Labute approximate surface area is 222 Å². The molecule has 4 N–H and O–H groups in total. The molecule has 1 saturated carbocycles. The molecule has 10 heteroatoms. The van der Waals surface area contributed by atoms with Gasteiger partial charge in [-0.2, -0.15) is 0 Å². The van der Waals surface area contributed by atoms with Gasteiger partial charge in [-0.3, -0.25) is 14.7 Å². The van der Waals surface area contributed by atoms with E-state index < -0.39 is 5.91 Å². The van der Waals surface area contributed by atoms with Crippen LogP contribution in [-0.2, 0) is 16.0 Å². The van der Waals surface area contributed by atoms with Gasteiger partial charge in [-0.15, -0.1) is 0 Å². The molecule has 2 aliphatic heterocycles. The summed E-state index contributed by atoms with van der Waals surface area (Å²) >= 11 is 0. The topological polar surface area (TPSA) is 128 Å². The number of anilines is 3. The first-order chi connectivity index (χ1) is 18.6. The molecule has 38 heavy (non-hydrogen) atoms. The van der Waals surface area contributed by atoms with Crippen molar-refractivity contribution >= 4 is 23.2 Å². The van der Waals surface area contributed by atoms with E-state index >= 15 is 0 Å². The van der Waals surface area contributed by atoms with Crippen molar-refractivity contribution in [2.75, 3.05) is 50.2 Å². The second-order valence-corrected chi connectivity index (χ2v) is 10.3. The third-order valence-electron chi connectivity index (χ3n) is 7.69. The summed E-state index contributed by atoms with van der Waals surface area (Å²) in [5.41, 5.74) is 9.42. The summed E-state index contributed by atoms with van der Waals surface area (Å²) in [6.07, 6.45) is 6.55. The quantitative estimate of drug-likeness (QED) is 0.414. The maximum Gasteiger partial charge on any atom is 0.271 e. The van der Waals surface area contributed by atoms with Crippen LogP contribution in [0, 0.1) is 5.41 Å². The molecule has 2 saturated heterocycles. The number of pyridine rings is 1. The minimum atomic E-state index is -0.643. The van der Waals surface area contributed by atoms with Gasteiger partial charge in [0.2, 0.25) is 0 Å². The Morgan fingerprint density at radius 1 is 1.00 bits per heavy atom. The molecule has 1 atom stereocenters. The average molecular weight is 516 g/mol. The number of hydrogen-bond donors (Lipinski definition) is 3. The van der Waals surface area contributed by atoms with E-state index in [-0.39, 0.29) is 17.2 Å². The lowest BCUT2D eigenvalue weighted by molar-refractivity contribution is 0.0342. The Bertz CT molecular complexity index is 1280. The number of rotatable bonds is 8. The van der Waals surface area contributed by atoms with Gasteiger partial charge in [-0.1, -0.05) is 12.1 Å². The zero-order chi connectivity index (χ0) is 26.0. The molecular formula is C28H33N7O3. The maximum absolute atomic E-state index is 12.5. The number of nitrogens with one attached hydrogen (secondary N) is 2. The molecule has 3 fully saturated rings. The Hall–Kier alpha value is -3.60. The highest BCUT2D eigenvalue weighted by molar-refractivity contribution is 5.97. The van der Waals surface area contributed by atoms with Crippen molar-refractivity contribution in [2.45, 2.75) is 31.8 Å². The van der Waals surface area contributed by atoms with Crippen LogP contribution in [0.4, 0.5) is 17.3 Å². The first-order valence-electron chi connectivity index (χ1n) is 13.2. The van der Waals surface area contributed by atoms with Crippen LogP contribution in [0.1, 0.15) is 35.3 Å². The largest absolute Gasteiger partial charge is 0.381 e. The molecule has 1 unspecified atom stereocenters. The van der Waals surface area contributed by atoms with Crippen LogP contribution in [-0.4, -0.2) is 71.3 Å². The Kier molecular flexibility index (Phi) is 6.92. The smallest absolute Gasteiger partial charge is 0.271 e. The Balaban J connectivity index is 1.30. The lowest BCUT2D eigenvalue weighted by atomic mass is 9.92. The number of aromatic nitrogens is 3. The highest BCUT2D eigenvalue weighted by atomic mass is 16.5. The molecule has 1 amide bonds. The number of primary amides is 1. The van der Waals surface area contributed by atoms with Crippen molar-refractivity contribution < 1.29 is 14.3 Å². The normalized spacial score (nSPS) is 20.7. The lowest BCUT2D eigenvalue weighted by Crippen LogP contribution is -2.39. The second kappa shape index (κ2) is 10.6. The summed E-state index contributed by atoms with van der Waals surface area (Å²) in [4.78, 5) is 28.6. The fraction of sp³-hybridized carbons (Fsp3) is 0.429. The van der Waals surface area contributed by atoms with E-state index in [0.717, 1.165) is 70.0 Å². The van der Waals surface area contributed by atoms with Crippen molar-refractivity contribution in [3.63, 3.8) is 0 Å². The molecule has 198 valence electrons. The third kappa shape index (κ3) is 5.33. The molecule has 2 aromatic heterocycles. The van der Waals surface area contributed by atoms with Crippen LogP contribution < -0.4 is 16.4 Å². The van der Waals surface area contributed by atoms with Crippen molar-refractivity contribution in [3.8, 4) is 11.3 Å². The van der Waals surface area contributed by atoms with Gasteiger partial charge < -0.3 is 25.8 Å². The van der Waals surface area contributed by atoms with E-state index in [1.54, 1.807) is 12.4 Å². The number of morpholine rings is 1. The van der Waals surface area contributed by atoms with Crippen LogP contribution in [0.25, 0.3) is 11.3 Å². The van der Waals surface area contributed by atoms with Crippen LogP contribution in [0.2, 0.25) is 0 Å². The molecule has 3 aromatic rings. The van der Waals surface area contributed by atoms with Gasteiger partial charge in [-0.05, 0) is 49.1 Å². The molecule has 1 aliphatic carbocycles. The molecular weight excluding hydrogens is 482 g/mol. The lowest BCUT2D eigenvalue weighted by Gasteiger charge is -2.33. The molecule has 1 spiro atoms. The van der Waals surface area contributed by atoms with Gasteiger partial charge in [0.15, 0.2) is 17.3 Å². The van der Waals surface area contributed by atoms with Crippen molar-refractivity contribution in [2.24, 2.45) is 11.1 Å². The number of nitrogens with two attached hydrogens (primary N) is 1. The minimum Gasteiger partial charge on any atom is -0.381 e. The number of ether oxygens (including phenoxy) is 2. The summed E-state index contributed by atoms with van der Waals surface area (Å²) in [7, 11) is 0. The third-order valence-corrected chi connectivity index (χ3v) is 7.69. The fourth-order valence-corrected chi connectivity index (χ4v) is 5.28. The summed E-state index contributed by atoms with van der Waals surface area (Å²) in [5, 5.41) is 6.96. The molecule has 6 rings (SSSR count). The van der Waals surface area contributed by atoms with E-state index in [1.165, 1.54) is 5.56 Å². The van der Waals surface area contributed by atoms with E-state index in [0.29, 0.717) is 23.9 Å². The SMILES string of the molecule is NC(=O)c1nc(-c2ccncc2)c(NC2CCOCC23CC3)nc1Nc1ccc(CN2CCOCC2)cc1. The van der Waals surface area contributed by atoms with Crippen molar-refractivity contribution in [3.05, 3.63) is 60.0 Å². The van der Waals surface area contributed by atoms with Gasteiger partial charge in [-0.25, -0.2) is 9.97 Å². The number of carbonyl (C=O) groups excluding carboxylic acids is 1. The first kappa shape index (κ1) is 24.7. The monoisotopic (exact) mass is 515 g/mol. The molecule has 4 heterocycles. The van der Waals surface area contributed by atoms with Gasteiger partial charge in [0.25, 0.3) is 5.91 Å². The van der Waals surface area contributed by atoms with Gasteiger partial charge in [0.05, 0.1) is 19.8 Å². The zero-order valence-electron chi connectivity index (χ0n) is 21.4. The van der Waals surface area contributed by atoms with E-state index in [9.17, 15) is 4.79 Å². The fourth-order valence-electron chi connectivity index (χ4n) is 5.28. The second-order valence-electron chi connectivity index (χ2n) is 10.3. The predicted molar refractivity (Wildman–Crippen MR) is 144 cm³/mol. The van der Waals surface area contributed by atoms with Crippen molar-refractivity contribution in [1.29, 1.82) is 0 Å². The highest BCUT2D eigenvalue weighted by Crippen LogP contribution is 2.52. The van der Waals surface area contributed by atoms with E-state index in [4.69, 9.17) is 25.2 Å². The Morgan fingerprint density at radius 3 is 2.47 bits per heavy atom. The number of carbonyl (C=O) groups is 1. The first-order valence-corrected chi connectivity index (χ1v) is 13.2. The van der Waals surface area contributed by atoms with Crippen molar-refractivity contribution in [1.82, 2.24) is 19.9 Å². The summed E-state index contributed by atoms with van der Waals surface area (Å²) in [6.45, 7) is 5.75. The highest BCUT2D eigenvalue weighted by Gasteiger charge is 2.51.